The summed E-state index contributed by atoms with van der Waals surface area (Å²) in [5.74, 6) is 1.40. The van der Waals surface area contributed by atoms with Gasteiger partial charge in [-0.15, -0.1) is 0 Å². The number of fused-ring (bicyclic) bond motifs is 1. The molecule has 2 heterocycles. The third-order valence-corrected chi connectivity index (χ3v) is 5.07. The molecule has 128 valence electrons. The predicted molar refractivity (Wildman–Crippen MR) is 96.9 cm³/mol. The predicted octanol–water partition coefficient (Wildman–Crippen LogP) is 1.04. The number of rotatable bonds is 4. The summed E-state index contributed by atoms with van der Waals surface area (Å²) >= 11 is 3.49. The lowest BCUT2D eigenvalue weighted by molar-refractivity contribution is -0.689. The molecule has 0 unspecified atom stereocenters. The van der Waals surface area contributed by atoms with E-state index >= 15 is 0 Å². The molecule has 2 aromatic carbocycles. The summed E-state index contributed by atoms with van der Waals surface area (Å²) in [4.78, 5) is 12.6. The maximum atomic E-state index is 12.6. The van der Waals surface area contributed by atoms with Gasteiger partial charge in [0.15, 0.2) is 12.2 Å². The molecule has 4 rings (SSSR count). The molecule has 0 spiro atoms. The number of Topliss-reactive ketones (excluding diaryl/α,β-unsaturated/α-hetero) is 1. The second-order valence-corrected chi connectivity index (χ2v) is 7.03. The quantitative estimate of drug-likeness (QED) is 0.421. The first kappa shape index (κ1) is 18.1. The Morgan fingerprint density at radius 3 is 2.52 bits per heavy atom. The van der Waals surface area contributed by atoms with Crippen LogP contribution in [0, 0.1) is 0 Å². The number of carbonyl (C=O) groups excluding carboxylic acids is 1. The Kier molecular flexibility index (Phi) is 5.54. The second-order valence-electron chi connectivity index (χ2n) is 6.11. The molecule has 0 N–H and O–H groups in total. The summed E-state index contributed by atoms with van der Waals surface area (Å²) in [5.41, 5.74) is 3.15. The van der Waals surface area contributed by atoms with Gasteiger partial charge in [0.05, 0.1) is 13.0 Å². The molecular weight excluding hydrogens is 444 g/mol. The Morgan fingerprint density at radius 1 is 1.08 bits per heavy atom. The molecule has 0 fully saturated rings. The average Bonchev–Trinajstić information content (AvgIpc) is 3.20. The number of halogens is 2. The number of ketones is 1. The summed E-state index contributed by atoms with van der Waals surface area (Å²) < 4.78 is 5.55. The third-order valence-electron chi connectivity index (χ3n) is 4.54. The Labute approximate surface area is 166 Å². The molecule has 0 saturated carbocycles. The normalized spacial score (nSPS) is 12.5. The van der Waals surface area contributed by atoms with Gasteiger partial charge >= 0.3 is 0 Å². The minimum Gasteiger partial charge on any atom is -1.00 e. The monoisotopic (exact) mass is 460 g/mol. The van der Waals surface area contributed by atoms with E-state index in [2.05, 4.69) is 55.5 Å². The van der Waals surface area contributed by atoms with E-state index in [9.17, 15) is 4.79 Å². The van der Waals surface area contributed by atoms with Crippen molar-refractivity contribution in [3.05, 3.63) is 76.7 Å². The zero-order valence-corrected chi connectivity index (χ0v) is 16.8. The first-order chi connectivity index (χ1) is 11.7. The van der Waals surface area contributed by atoms with E-state index in [1.807, 2.05) is 30.3 Å². The van der Waals surface area contributed by atoms with Crippen molar-refractivity contribution in [1.82, 2.24) is 4.57 Å². The van der Waals surface area contributed by atoms with E-state index in [-0.39, 0.29) is 22.8 Å². The lowest BCUT2D eigenvalue weighted by atomic mass is 10.1. The van der Waals surface area contributed by atoms with Crippen LogP contribution in [0.4, 0.5) is 0 Å². The van der Waals surface area contributed by atoms with Crippen LogP contribution in [0.3, 0.4) is 0 Å². The molecule has 3 nitrogen and oxygen atoms in total. The average molecular weight is 462 g/mol. The highest BCUT2D eigenvalue weighted by Gasteiger charge is 2.29. The highest BCUT2D eigenvalue weighted by Crippen LogP contribution is 2.26. The molecular formula is C20H18Br2N2O. The maximum Gasteiger partial charge on any atom is 0.257 e. The van der Waals surface area contributed by atoms with E-state index < -0.39 is 0 Å². The van der Waals surface area contributed by atoms with Crippen LogP contribution in [-0.2, 0) is 19.5 Å². The Balaban J connectivity index is 0.00000182. The molecule has 0 atom stereocenters. The number of aromatic nitrogens is 2. The van der Waals surface area contributed by atoms with E-state index in [0.29, 0.717) is 6.54 Å². The van der Waals surface area contributed by atoms with Crippen molar-refractivity contribution in [3.8, 4) is 11.3 Å². The van der Waals surface area contributed by atoms with E-state index in [1.165, 1.54) is 17.1 Å². The van der Waals surface area contributed by atoms with Gasteiger partial charge in [0.2, 0.25) is 5.78 Å². The van der Waals surface area contributed by atoms with Crippen molar-refractivity contribution in [1.29, 1.82) is 0 Å². The highest BCUT2D eigenvalue weighted by atomic mass is 79.9. The number of hydrogen-bond donors (Lipinski definition) is 0. The highest BCUT2D eigenvalue weighted by molar-refractivity contribution is 9.10. The lowest BCUT2D eigenvalue weighted by Crippen LogP contribution is -3.00. The second kappa shape index (κ2) is 7.67. The van der Waals surface area contributed by atoms with Crippen LogP contribution in [-0.4, -0.2) is 10.4 Å². The number of carbonyl (C=O) groups is 1. The molecule has 1 aliphatic rings. The van der Waals surface area contributed by atoms with Crippen molar-refractivity contribution in [3.63, 3.8) is 0 Å². The van der Waals surface area contributed by atoms with Crippen LogP contribution in [0.25, 0.3) is 11.3 Å². The van der Waals surface area contributed by atoms with Crippen molar-refractivity contribution in [2.75, 3.05) is 0 Å². The number of hydrogen-bond acceptors (Lipinski definition) is 1. The smallest absolute Gasteiger partial charge is 0.257 e. The lowest BCUT2D eigenvalue weighted by Gasteiger charge is -1.99. The summed E-state index contributed by atoms with van der Waals surface area (Å²) in [6.45, 7) is 1.42. The van der Waals surface area contributed by atoms with Gasteiger partial charge in [-0.05, 0) is 30.7 Å². The van der Waals surface area contributed by atoms with Crippen LogP contribution in [0.1, 0.15) is 22.6 Å². The van der Waals surface area contributed by atoms with Gasteiger partial charge in [-0.1, -0.05) is 46.3 Å². The van der Waals surface area contributed by atoms with Crippen LogP contribution < -0.4 is 21.5 Å². The molecule has 0 radical (unpaired) electrons. The van der Waals surface area contributed by atoms with Crippen molar-refractivity contribution in [2.24, 2.45) is 0 Å². The standard InChI is InChI=1S/C20H18BrN2O.BrH/c21-17-10-8-15(9-11-17)18-13-22(20-7-4-12-23(18)20)14-19(24)16-5-2-1-3-6-16;/h1-3,5-6,8-11,13H,4,7,12,14H2;1H/q+1;/p-1. The largest absolute Gasteiger partial charge is 1.00 e. The summed E-state index contributed by atoms with van der Waals surface area (Å²) in [5, 5.41) is 0. The number of benzene rings is 2. The zero-order chi connectivity index (χ0) is 16.5. The third kappa shape index (κ3) is 3.62. The Morgan fingerprint density at radius 2 is 1.80 bits per heavy atom. The van der Waals surface area contributed by atoms with Crippen LogP contribution in [0.5, 0.6) is 0 Å². The molecule has 0 aliphatic carbocycles. The molecule has 1 aliphatic heterocycles. The van der Waals surface area contributed by atoms with Crippen LogP contribution in [0.2, 0.25) is 0 Å². The molecule has 0 bridgehead atoms. The zero-order valence-electron chi connectivity index (χ0n) is 13.7. The van der Waals surface area contributed by atoms with Crippen molar-refractivity contribution < 1.29 is 26.3 Å². The van der Waals surface area contributed by atoms with Gasteiger partial charge in [-0.3, -0.25) is 4.79 Å². The summed E-state index contributed by atoms with van der Waals surface area (Å²) in [6, 6.07) is 17.9. The fourth-order valence-corrected chi connectivity index (χ4v) is 3.63. The van der Waals surface area contributed by atoms with Gasteiger partial charge < -0.3 is 17.0 Å². The SMILES string of the molecule is O=C(C[n+]1cc(-c2ccc(Br)cc2)n2c1CCC2)c1ccccc1.[Br-]. The minimum atomic E-state index is 0. The summed E-state index contributed by atoms with van der Waals surface area (Å²) in [6.07, 6.45) is 4.29. The van der Waals surface area contributed by atoms with Gasteiger partial charge in [0.1, 0.15) is 6.20 Å². The Bertz CT molecular complexity index is 886. The summed E-state index contributed by atoms with van der Waals surface area (Å²) in [7, 11) is 0. The minimum absolute atomic E-state index is 0. The first-order valence-corrected chi connectivity index (χ1v) is 8.98. The topological polar surface area (TPSA) is 25.9 Å². The van der Waals surface area contributed by atoms with Gasteiger partial charge in [0, 0.05) is 15.6 Å². The van der Waals surface area contributed by atoms with Gasteiger partial charge in [-0.25, -0.2) is 9.13 Å². The molecule has 0 saturated heterocycles. The molecule has 25 heavy (non-hydrogen) atoms. The number of imidazole rings is 1. The number of nitrogens with zero attached hydrogens (tertiary/aromatic N) is 2. The maximum absolute atomic E-state index is 12.6. The fraction of sp³-hybridized carbons (Fsp3) is 0.200. The molecule has 0 amide bonds. The Hall–Kier alpha value is -1.72. The first-order valence-electron chi connectivity index (χ1n) is 8.18. The van der Waals surface area contributed by atoms with E-state index in [1.54, 1.807) is 0 Å². The van der Waals surface area contributed by atoms with Gasteiger partial charge in [-0.2, -0.15) is 0 Å². The van der Waals surface area contributed by atoms with Crippen LogP contribution >= 0.6 is 15.9 Å². The molecule has 5 heteroatoms. The fourth-order valence-electron chi connectivity index (χ4n) is 3.37. The van der Waals surface area contributed by atoms with Crippen molar-refractivity contribution in [2.45, 2.75) is 25.9 Å². The van der Waals surface area contributed by atoms with E-state index in [0.717, 1.165) is 29.4 Å². The van der Waals surface area contributed by atoms with E-state index in [4.69, 9.17) is 0 Å². The molecule has 1 aromatic heterocycles. The van der Waals surface area contributed by atoms with Crippen LogP contribution in [0.15, 0.2) is 65.3 Å². The molecule has 3 aromatic rings. The van der Waals surface area contributed by atoms with Gasteiger partial charge in [0.25, 0.3) is 5.82 Å². The van der Waals surface area contributed by atoms with Crippen molar-refractivity contribution >= 4 is 21.7 Å².